The Balaban J connectivity index is 1.85. The molecule has 7 N–H and O–H groups in total. The van der Waals surface area contributed by atoms with E-state index in [1.807, 2.05) is 6.26 Å². The lowest BCUT2D eigenvalue weighted by Crippen LogP contribution is -2.54. The summed E-state index contributed by atoms with van der Waals surface area (Å²) in [6, 6.07) is 12.0. The van der Waals surface area contributed by atoms with Crippen LogP contribution in [0.1, 0.15) is 114 Å². The second-order valence-corrected chi connectivity index (χ2v) is 15.5. The molecule has 57 heavy (non-hydrogen) atoms. The van der Waals surface area contributed by atoms with E-state index in [1.54, 1.807) is 42.5 Å². The fourth-order valence-electron chi connectivity index (χ4n) is 6.25. The van der Waals surface area contributed by atoms with E-state index in [-0.39, 0.29) is 37.3 Å². The SMILES string of the molecule is CCCCCCCCCCCCCCCC(=O)N[C@@H](Cc1ccc(O)cc1)C(=O)NCC(=O)NCC(=O)N[C@@H](Cc1ccccc1)C(=O)N[C@@H](CCSC)C(=O)O. The summed E-state index contributed by atoms with van der Waals surface area (Å²) in [5.74, 6) is -3.50. The molecule has 0 radical (unpaired) electrons. The van der Waals surface area contributed by atoms with Crippen LogP contribution in [0.15, 0.2) is 54.6 Å². The van der Waals surface area contributed by atoms with E-state index in [1.165, 1.54) is 81.7 Å². The van der Waals surface area contributed by atoms with E-state index < -0.39 is 60.8 Å². The highest BCUT2D eigenvalue weighted by Gasteiger charge is 2.27. The molecule has 0 unspecified atom stereocenters. The maximum Gasteiger partial charge on any atom is 0.326 e. The van der Waals surface area contributed by atoms with Gasteiger partial charge in [-0.05, 0) is 48.1 Å². The second-order valence-electron chi connectivity index (χ2n) is 14.5. The minimum absolute atomic E-state index is 0.0644. The summed E-state index contributed by atoms with van der Waals surface area (Å²) in [5.41, 5.74) is 1.43. The van der Waals surface area contributed by atoms with E-state index in [0.29, 0.717) is 17.7 Å². The Labute approximate surface area is 342 Å². The van der Waals surface area contributed by atoms with Crippen LogP contribution in [-0.4, -0.2) is 88.9 Å². The molecule has 2 aromatic carbocycles. The van der Waals surface area contributed by atoms with Gasteiger partial charge in [0, 0.05) is 19.3 Å². The molecule has 3 atom stereocenters. The topological polar surface area (TPSA) is 203 Å². The van der Waals surface area contributed by atoms with E-state index in [9.17, 15) is 39.0 Å². The fraction of sp³-hybridized carbons (Fsp3) is 0.581. The van der Waals surface area contributed by atoms with Crippen molar-refractivity contribution in [2.75, 3.05) is 25.1 Å². The first-order chi connectivity index (χ1) is 27.5. The molecule has 0 aliphatic carbocycles. The Morgan fingerprint density at radius 2 is 1.09 bits per heavy atom. The molecule has 316 valence electrons. The van der Waals surface area contributed by atoms with Gasteiger partial charge in [0.15, 0.2) is 0 Å². The van der Waals surface area contributed by atoms with Crippen LogP contribution >= 0.6 is 11.8 Å². The molecule has 2 aromatic rings. The normalized spacial score (nSPS) is 12.5. The van der Waals surface area contributed by atoms with Crippen molar-refractivity contribution in [2.24, 2.45) is 0 Å². The number of hydrogen-bond donors (Lipinski definition) is 7. The van der Waals surface area contributed by atoms with Crippen LogP contribution in [0.2, 0.25) is 0 Å². The number of carboxylic acids is 1. The zero-order valence-electron chi connectivity index (χ0n) is 33.8. The first-order valence-electron chi connectivity index (χ1n) is 20.5. The summed E-state index contributed by atoms with van der Waals surface area (Å²) >= 11 is 1.45. The van der Waals surface area contributed by atoms with Crippen LogP contribution in [0.3, 0.4) is 0 Å². The number of nitrogens with one attached hydrogen (secondary N) is 5. The monoisotopic (exact) mass is 811 g/mol. The predicted molar refractivity (Wildman–Crippen MR) is 225 cm³/mol. The highest BCUT2D eigenvalue weighted by atomic mass is 32.2. The molecular weight excluding hydrogens is 747 g/mol. The predicted octanol–water partition coefficient (Wildman–Crippen LogP) is 5.18. The van der Waals surface area contributed by atoms with E-state index in [4.69, 9.17) is 0 Å². The van der Waals surface area contributed by atoms with Gasteiger partial charge < -0.3 is 36.8 Å². The van der Waals surface area contributed by atoms with Crippen LogP contribution in [0.5, 0.6) is 5.75 Å². The number of hydrogen-bond acceptors (Lipinski definition) is 8. The summed E-state index contributed by atoms with van der Waals surface area (Å²) in [4.78, 5) is 76.7. The minimum atomic E-state index is -1.18. The molecule has 0 spiro atoms. The van der Waals surface area contributed by atoms with Crippen LogP contribution < -0.4 is 26.6 Å². The lowest BCUT2D eigenvalue weighted by atomic mass is 10.0. The molecule has 2 rings (SSSR count). The first kappa shape index (κ1) is 48.6. The Hall–Kier alpha value is -4.59. The number of aliphatic carboxylic acids is 1. The first-order valence-corrected chi connectivity index (χ1v) is 21.9. The third kappa shape index (κ3) is 22.7. The second kappa shape index (κ2) is 29.6. The molecule has 0 aliphatic heterocycles. The lowest BCUT2D eigenvalue weighted by molar-refractivity contribution is -0.142. The van der Waals surface area contributed by atoms with Gasteiger partial charge in [-0.3, -0.25) is 24.0 Å². The van der Waals surface area contributed by atoms with Gasteiger partial charge in [0.2, 0.25) is 29.5 Å². The molecule has 5 amide bonds. The zero-order valence-corrected chi connectivity index (χ0v) is 34.6. The summed E-state index contributed by atoms with van der Waals surface area (Å²) in [6.45, 7) is 1.25. The number of aromatic hydroxyl groups is 1. The van der Waals surface area contributed by atoms with E-state index >= 15 is 0 Å². The Morgan fingerprint density at radius 1 is 0.579 bits per heavy atom. The van der Waals surface area contributed by atoms with Crippen molar-refractivity contribution in [1.82, 2.24) is 26.6 Å². The number of benzene rings is 2. The number of phenols is 1. The van der Waals surface area contributed by atoms with E-state index in [0.717, 1.165) is 24.8 Å². The minimum Gasteiger partial charge on any atom is -0.508 e. The fourth-order valence-corrected chi connectivity index (χ4v) is 6.72. The summed E-state index contributed by atoms with van der Waals surface area (Å²) < 4.78 is 0. The molecule has 0 fully saturated rings. The molecule has 0 aliphatic rings. The maximum absolute atomic E-state index is 13.3. The molecule has 14 heteroatoms. The maximum atomic E-state index is 13.3. The van der Waals surface area contributed by atoms with Crippen LogP contribution in [0.25, 0.3) is 0 Å². The van der Waals surface area contributed by atoms with Crippen molar-refractivity contribution in [3.63, 3.8) is 0 Å². The van der Waals surface area contributed by atoms with Crippen LogP contribution in [0, 0.1) is 0 Å². The standard InChI is InChI=1S/C43H65N5O8S/c1-3-4-5-6-7-8-9-10-11-12-13-14-18-21-38(50)46-36(29-33-22-24-34(49)25-23-33)41(53)45-30-39(51)44-31-40(52)47-37(28-32-19-16-15-17-20-32)42(54)48-35(43(55)56)26-27-57-2/h15-17,19-20,22-25,35-37,49H,3-14,18,21,26-31H2,1-2H3,(H,44,51)(H,45,53)(H,46,50)(H,47,52)(H,48,54)(H,55,56)/t35-,36-,37-/m0/s1. The van der Waals surface area contributed by atoms with Gasteiger partial charge in [0.1, 0.15) is 23.9 Å². The zero-order chi connectivity index (χ0) is 41.7. The van der Waals surface area contributed by atoms with Crippen molar-refractivity contribution >= 4 is 47.3 Å². The smallest absolute Gasteiger partial charge is 0.326 e. The van der Waals surface area contributed by atoms with Gasteiger partial charge in [0.05, 0.1) is 13.1 Å². The van der Waals surface area contributed by atoms with Gasteiger partial charge in [0.25, 0.3) is 0 Å². The van der Waals surface area contributed by atoms with Crippen LogP contribution in [-0.2, 0) is 41.6 Å². The average molecular weight is 812 g/mol. The third-order valence-electron chi connectivity index (χ3n) is 9.56. The summed E-state index contributed by atoms with van der Waals surface area (Å²) in [5, 5.41) is 32.1. The van der Waals surface area contributed by atoms with Gasteiger partial charge in [-0.15, -0.1) is 0 Å². The number of unbranched alkanes of at least 4 members (excludes halogenated alkanes) is 12. The number of amides is 5. The number of rotatable bonds is 31. The molecule has 0 heterocycles. The summed E-state index contributed by atoms with van der Waals surface area (Å²) in [6.07, 6.45) is 18.0. The lowest BCUT2D eigenvalue weighted by Gasteiger charge is -2.22. The van der Waals surface area contributed by atoms with Crippen molar-refractivity contribution in [1.29, 1.82) is 0 Å². The third-order valence-corrected chi connectivity index (χ3v) is 10.2. The molecular formula is C43H65N5O8S. The Bertz CT molecular complexity index is 1490. The Kier molecular flexibility index (Phi) is 25.2. The van der Waals surface area contributed by atoms with Crippen molar-refractivity contribution in [2.45, 2.75) is 134 Å². The van der Waals surface area contributed by atoms with E-state index in [2.05, 4.69) is 33.5 Å². The number of carbonyl (C=O) groups is 6. The number of thioether (sulfide) groups is 1. The Morgan fingerprint density at radius 3 is 1.65 bits per heavy atom. The van der Waals surface area contributed by atoms with Gasteiger partial charge >= 0.3 is 5.97 Å². The number of carboxylic acid groups (broad SMARTS) is 1. The molecule has 13 nitrogen and oxygen atoms in total. The van der Waals surface area contributed by atoms with Crippen molar-refractivity contribution < 1.29 is 39.0 Å². The highest BCUT2D eigenvalue weighted by Crippen LogP contribution is 2.14. The molecule has 0 bridgehead atoms. The average Bonchev–Trinajstić information content (AvgIpc) is 3.20. The highest BCUT2D eigenvalue weighted by molar-refractivity contribution is 7.98. The van der Waals surface area contributed by atoms with Crippen LogP contribution in [0.4, 0.5) is 0 Å². The quantitative estimate of drug-likeness (QED) is 0.0501. The van der Waals surface area contributed by atoms with Gasteiger partial charge in [-0.2, -0.15) is 11.8 Å². The molecule has 0 saturated carbocycles. The van der Waals surface area contributed by atoms with Crippen molar-refractivity contribution in [3.8, 4) is 5.75 Å². The molecule has 0 aromatic heterocycles. The van der Waals surface area contributed by atoms with Gasteiger partial charge in [-0.25, -0.2) is 4.79 Å². The molecule has 0 saturated heterocycles. The largest absolute Gasteiger partial charge is 0.508 e. The number of carbonyl (C=O) groups excluding carboxylic acids is 5. The van der Waals surface area contributed by atoms with Crippen molar-refractivity contribution in [3.05, 3.63) is 65.7 Å². The van der Waals surface area contributed by atoms with Gasteiger partial charge in [-0.1, -0.05) is 126 Å². The number of phenolic OH excluding ortho intramolecular Hbond substituents is 1. The summed E-state index contributed by atoms with van der Waals surface area (Å²) in [7, 11) is 0.